The molecule has 3 heterocycles. The molecule has 1 aliphatic rings. The summed E-state index contributed by atoms with van der Waals surface area (Å²) in [5.74, 6) is 0.362. The number of aromatic nitrogens is 2. The Balaban J connectivity index is 1.44. The van der Waals surface area contributed by atoms with Crippen molar-refractivity contribution in [2.75, 3.05) is 31.7 Å². The van der Waals surface area contributed by atoms with Gasteiger partial charge in [-0.05, 0) is 67.8 Å². The van der Waals surface area contributed by atoms with Gasteiger partial charge in [-0.25, -0.2) is 13.4 Å². The Morgan fingerprint density at radius 3 is 2.67 bits per heavy atom. The van der Waals surface area contributed by atoms with E-state index in [9.17, 15) is 13.2 Å². The third-order valence-corrected chi connectivity index (χ3v) is 9.39. The highest BCUT2D eigenvalue weighted by molar-refractivity contribution is 7.89. The average Bonchev–Trinajstić information content (AvgIpc) is 3.63. The molecule has 39 heavy (non-hydrogen) atoms. The minimum Gasteiger partial charge on any atom is -0.492 e. The summed E-state index contributed by atoms with van der Waals surface area (Å²) >= 11 is 1.39. The van der Waals surface area contributed by atoms with Crippen LogP contribution < -0.4 is 9.64 Å². The number of thiazole rings is 1. The van der Waals surface area contributed by atoms with Crippen LogP contribution in [0.4, 0.5) is 5.13 Å². The van der Waals surface area contributed by atoms with Crippen molar-refractivity contribution in [1.82, 2.24) is 14.3 Å². The molecule has 9 nitrogen and oxygen atoms in total. The molecule has 2 aromatic carbocycles. The van der Waals surface area contributed by atoms with Crippen molar-refractivity contribution in [3.8, 4) is 5.75 Å². The summed E-state index contributed by atoms with van der Waals surface area (Å²) in [6.07, 6.45) is 5.07. The van der Waals surface area contributed by atoms with E-state index in [4.69, 9.17) is 14.5 Å². The fourth-order valence-corrected chi connectivity index (χ4v) is 6.66. The molecule has 1 aliphatic heterocycles. The Labute approximate surface area is 232 Å². The molecule has 0 aliphatic carbocycles. The Kier molecular flexibility index (Phi) is 8.22. The zero-order valence-corrected chi connectivity index (χ0v) is 23.5. The quantitative estimate of drug-likeness (QED) is 0.273. The Bertz CT molecular complexity index is 1540. The first-order chi connectivity index (χ1) is 18.9. The molecule has 5 rings (SSSR count). The number of sulfonamides is 1. The van der Waals surface area contributed by atoms with Crippen molar-refractivity contribution in [1.29, 1.82) is 0 Å². The molecule has 1 fully saturated rings. The van der Waals surface area contributed by atoms with Gasteiger partial charge in [-0.15, -0.1) is 0 Å². The molecule has 1 amide bonds. The van der Waals surface area contributed by atoms with Crippen molar-refractivity contribution in [3.63, 3.8) is 0 Å². The highest BCUT2D eigenvalue weighted by Crippen LogP contribution is 2.35. The number of carbonyl (C=O) groups excluding carboxylic acids is 1. The number of ether oxygens (including phenoxy) is 2. The third-order valence-electron chi connectivity index (χ3n) is 6.50. The molecule has 2 aromatic heterocycles. The maximum absolute atomic E-state index is 13.8. The van der Waals surface area contributed by atoms with Gasteiger partial charge in [-0.1, -0.05) is 23.5 Å². The number of carbonyl (C=O) groups is 1. The van der Waals surface area contributed by atoms with Crippen LogP contribution in [0.3, 0.4) is 0 Å². The number of likely N-dealkylation sites (N-methyl/N-ethyl adjacent to an activating group) is 1. The van der Waals surface area contributed by atoms with Crippen LogP contribution >= 0.6 is 11.3 Å². The van der Waals surface area contributed by atoms with Crippen molar-refractivity contribution in [3.05, 3.63) is 78.1 Å². The molecule has 0 radical (unpaired) electrons. The number of pyridine rings is 1. The van der Waals surface area contributed by atoms with Crippen molar-refractivity contribution >= 4 is 42.6 Å². The largest absolute Gasteiger partial charge is 0.492 e. The van der Waals surface area contributed by atoms with Crippen molar-refractivity contribution in [2.24, 2.45) is 0 Å². The second-order valence-electron chi connectivity index (χ2n) is 9.23. The van der Waals surface area contributed by atoms with Gasteiger partial charge < -0.3 is 9.47 Å². The van der Waals surface area contributed by atoms with Crippen LogP contribution in [-0.2, 0) is 21.3 Å². The minimum absolute atomic E-state index is 0.0938. The van der Waals surface area contributed by atoms with E-state index in [1.807, 2.05) is 37.3 Å². The van der Waals surface area contributed by atoms with Crippen LogP contribution in [0.2, 0.25) is 0 Å². The lowest BCUT2D eigenvalue weighted by Gasteiger charge is -2.21. The molecule has 204 valence electrons. The van der Waals surface area contributed by atoms with Crippen molar-refractivity contribution < 1.29 is 22.7 Å². The summed E-state index contributed by atoms with van der Waals surface area (Å²) in [6.45, 7) is 3.62. The first-order valence-corrected chi connectivity index (χ1v) is 15.0. The molecule has 0 N–H and O–H groups in total. The first kappa shape index (κ1) is 27.2. The second-order valence-corrected chi connectivity index (χ2v) is 12.3. The fourth-order valence-electron chi connectivity index (χ4n) is 4.48. The molecule has 0 bridgehead atoms. The van der Waals surface area contributed by atoms with E-state index in [1.165, 1.54) is 27.8 Å². The molecule has 0 saturated carbocycles. The molecule has 11 heteroatoms. The Morgan fingerprint density at radius 2 is 1.97 bits per heavy atom. The van der Waals surface area contributed by atoms with Gasteiger partial charge in [0.2, 0.25) is 10.0 Å². The molecular formula is C28H30N4O5S2. The standard InChI is InChI=1S/C28H30N4O5S2/c1-3-36-24-9-4-10-25-26(24)30-28(38-25)32(18-20-7-5-15-29-17-20)27(33)21-11-13-23(14-12-21)39(34,35)31(2)19-22-8-6-16-37-22/h4-5,7,9-15,17,22H,3,6,8,16,18-19H2,1-2H3. The number of nitrogens with zero attached hydrogens (tertiary/aromatic N) is 4. The molecular weight excluding hydrogens is 536 g/mol. The summed E-state index contributed by atoms with van der Waals surface area (Å²) in [5.41, 5.74) is 1.88. The Hall–Kier alpha value is -3.38. The van der Waals surface area contributed by atoms with Crippen LogP contribution in [0.1, 0.15) is 35.7 Å². The molecule has 1 saturated heterocycles. The predicted octanol–water partition coefficient (Wildman–Crippen LogP) is 4.74. The number of rotatable bonds is 10. The Morgan fingerprint density at radius 1 is 1.15 bits per heavy atom. The zero-order chi connectivity index (χ0) is 27.4. The van der Waals surface area contributed by atoms with Gasteiger partial charge in [0.05, 0.1) is 28.9 Å². The molecule has 0 spiro atoms. The van der Waals surface area contributed by atoms with Crippen molar-refractivity contribution in [2.45, 2.75) is 37.3 Å². The highest BCUT2D eigenvalue weighted by atomic mass is 32.2. The normalized spacial score (nSPS) is 15.6. The SMILES string of the molecule is CCOc1cccc2sc(N(Cc3cccnc3)C(=O)c3ccc(S(=O)(=O)N(C)CC4CCCO4)cc3)nc12. The fraction of sp³-hybridized carbons (Fsp3) is 0.321. The summed E-state index contributed by atoms with van der Waals surface area (Å²) in [4.78, 5) is 24.5. The van der Waals surface area contributed by atoms with E-state index in [0.29, 0.717) is 41.7 Å². The van der Waals surface area contributed by atoms with E-state index in [0.717, 1.165) is 23.1 Å². The number of hydrogen-bond donors (Lipinski definition) is 0. The number of anilines is 1. The van der Waals surface area contributed by atoms with Crippen LogP contribution in [0.25, 0.3) is 10.2 Å². The summed E-state index contributed by atoms with van der Waals surface area (Å²) < 4.78 is 39.8. The number of hydrogen-bond acceptors (Lipinski definition) is 8. The maximum atomic E-state index is 13.8. The monoisotopic (exact) mass is 566 g/mol. The van der Waals surface area contributed by atoms with Crippen LogP contribution in [0.15, 0.2) is 71.9 Å². The summed E-state index contributed by atoms with van der Waals surface area (Å²) in [6, 6.07) is 15.5. The minimum atomic E-state index is -3.72. The lowest BCUT2D eigenvalue weighted by Crippen LogP contribution is -2.34. The van der Waals surface area contributed by atoms with Gasteiger partial charge in [0.1, 0.15) is 11.3 Å². The smallest absolute Gasteiger partial charge is 0.260 e. The van der Waals surface area contributed by atoms with Gasteiger partial charge >= 0.3 is 0 Å². The van der Waals surface area contributed by atoms with Gasteiger partial charge in [-0.3, -0.25) is 14.7 Å². The van der Waals surface area contributed by atoms with E-state index in [2.05, 4.69) is 4.98 Å². The number of benzene rings is 2. The maximum Gasteiger partial charge on any atom is 0.260 e. The predicted molar refractivity (Wildman–Crippen MR) is 151 cm³/mol. The lowest BCUT2D eigenvalue weighted by atomic mass is 10.2. The highest BCUT2D eigenvalue weighted by Gasteiger charge is 2.27. The van der Waals surface area contributed by atoms with Gasteiger partial charge in [0.15, 0.2) is 5.13 Å². The zero-order valence-electron chi connectivity index (χ0n) is 21.8. The van der Waals surface area contributed by atoms with Crippen LogP contribution in [0.5, 0.6) is 5.75 Å². The molecule has 1 atom stereocenters. The van der Waals surface area contributed by atoms with E-state index >= 15 is 0 Å². The first-order valence-electron chi connectivity index (χ1n) is 12.8. The number of amides is 1. The van der Waals surface area contributed by atoms with E-state index in [1.54, 1.807) is 36.5 Å². The number of para-hydroxylation sites is 1. The topological polar surface area (TPSA) is 102 Å². The van der Waals surface area contributed by atoms with Gasteiger partial charge in [-0.2, -0.15) is 4.31 Å². The van der Waals surface area contributed by atoms with Crippen LogP contribution in [-0.4, -0.2) is 61.5 Å². The van der Waals surface area contributed by atoms with Crippen LogP contribution in [0, 0.1) is 0 Å². The average molecular weight is 567 g/mol. The second kappa shape index (κ2) is 11.8. The summed E-state index contributed by atoms with van der Waals surface area (Å²) in [5, 5.41) is 0.513. The third kappa shape index (κ3) is 5.96. The van der Waals surface area contributed by atoms with E-state index < -0.39 is 10.0 Å². The molecule has 4 aromatic rings. The van der Waals surface area contributed by atoms with Gasteiger partial charge in [0, 0.05) is 38.2 Å². The number of fused-ring (bicyclic) bond motifs is 1. The lowest BCUT2D eigenvalue weighted by molar-refractivity contribution is 0.0978. The summed E-state index contributed by atoms with van der Waals surface area (Å²) in [7, 11) is -2.17. The van der Waals surface area contributed by atoms with E-state index in [-0.39, 0.29) is 23.5 Å². The van der Waals surface area contributed by atoms with Gasteiger partial charge in [0.25, 0.3) is 5.91 Å². The molecule has 1 unspecified atom stereocenters.